The van der Waals surface area contributed by atoms with Crippen LogP contribution < -0.4 is 0 Å². The van der Waals surface area contributed by atoms with Gasteiger partial charge in [-0.15, -0.1) is 0 Å². The standard InChI is InChI=1S/C16H13NO3/c17-8-7-13(18)16(19)10-5-6-15-12(9-10)11-3-1-2-4-14(11)20-15/h1-6,9,13,16,18-19H,7H2. The minimum Gasteiger partial charge on any atom is -0.456 e. The van der Waals surface area contributed by atoms with Crippen molar-refractivity contribution in [2.45, 2.75) is 18.6 Å². The molecule has 4 nitrogen and oxygen atoms in total. The molecule has 0 aliphatic carbocycles. The van der Waals surface area contributed by atoms with Crippen LogP contribution in [0.1, 0.15) is 18.1 Å². The molecular weight excluding hydrogens is 254 g/mol. The summed E-state index contributed by atoms with van der Waals surface area (Å²) in [5, 5.41) is 30.2. The highest BCUT2D eigenvalue weighted by atomic mass is 16.3. The number of rotatable bonds is 3. The lowest BCUT2D eigenvalue weighted by Crippen LogP contribution is -2.17. The number of nitriles is 1. The third-order valence-corrected chi connectivity index (χ3v) is 3.41. The van der Waals surface area contributed by atoms with Gasteiger partial charge in [-0.3, -0.25) is 0 Å². The van der Waals surface area contributed by atoms with Gasteiger partial charge in [-0.25, -0.2) is 0 Å². The topological polar surface area (TPSA) is 77.4 Å². The van der Waals surface area contributed by atoms with Gasteiger partial charge in [0.15, 0.2) is 0 Å². The summed E-state index contributed by atoms with van der Waals surface area (Å²) in [6.07, 6.45) is -2.27. The molecule has 0 aliphatic rings. The molecule has 0 saturated carbocycles. The highest BCUT2D eigenvalue weighted by molar-refractivity contribution is 6.04. The molecule has 1 aromatic heterocycles. The maximum absolute atomic E-state index is 10.1. The van der Waals surface area contributed by atoms with Crippen LogP contribution in [0.4, 0.5) is 0 Å². The first-order chi connectivity index (χ1) is 9.70. The van der Waals surface area contributed by atoms with E-state index in [1.54, 1.807) is 18.2 Å². The van der Waals surface area contributed by atoms with Gasteiger partial charge < -0.3 is 14.6 Å². The third kappa shape index (κ3) is 2.03. The Hall–Kier alpha value is -2.35. The first-order valence-electron chi connectivity index (χ1n) is 6.35. The first kappa shape index (κ1) is 12.7. The molecule has 0 amide bonds. The number of nitrogens with zero attached hydrogens (tertiary/aromatic N) is 1. The fourth-order valence-corrected chi connectivity index (χ4v) is 2.35. The summed E-state index contributed by atoms with van der Waals surface area (Å²) in [4.78, 5) is 0. The third-order valence-electron chi connectivity index (χ3n) is 3.41. The summed E-state index contributed by atoms with van der Waals surface area (Å²) in [5.41, 5.74) is 2.09. The van der Waals surface area contributed by atoms with E-state index in [0.29, 0.717) is 5.56 Å². The van der Waals surface area contributed by atoms with Gasteiger partial charge in [0, 0.05) is 10.8 Å². The van der Waals surface area contributed by atoms with E-state index in [-0.39, 0.29) is 6.42 Å². The number of para-hydroxylation sites is 1. The Morgan fingerprint density at radius 3 is 2.60 bits per heavy atom. The van der Waals surface area contributed by atoms with Gasteiger partial charge in [0.2, 0.25) is 0 Å². The molecule has 2 N–H and O–H groups in total. The second-order valence-corrected chi connectivity index (χ2v) is 4.73. The lowest BCUT2D eigenvalue weighted by Gasteiger charge is -2.15. The zero-order valence-electron chi connectivity index (χ0n) is 10.7. The molecule has 0 aliphatic heterocycles. The van der Waals surface area contributed by atoms with Crippen molar-refractivity contribution in [3.63, 3.8) is 0 Å². The number of furan rings is 1. The quantitative estimate of drug-likeness (QED) is 0.765. The number of benzene rings is 2. The van der Waals surface area contributed by atoms with E-state index in [0.717, 1.165) is 21.9 Å². The van der Waals surface area contributed by atoms with Crippen LogP contribution in [0.15, 0.2) is 46.9 Å². The molecule has 1 heterocycles. The monoisotopic (exact) mass is 267 g/mol. The molecule has 20 heavy (non-hydrogen) atoms. The van der Waals surface area contributed by atoms with E-state index in [2.05, 4.69) is 0 Å². The van der Waals surface area contributed by atoms with Gasteiger partial charge in [-0.1, -0.05) is 24.3 Å². The molecule has 3 aromatic rings. The second kappa shape index (κ2) is 4.97. The molecule has 0 spiro atoms. The smallest absolute Gasteiger partial charge is 0.135 e. The molecule has 3 rings (SSSR count). The van der Waals surface area contributed by atoms with Gasteiger partial charge in [-0.2, -0.15) is 5.26 Å². The van der Waals surface area contributed by atoms with Crippen molar-refractivity contribution < 1.29 is 14.6 Å². The van der Waals surface area contributed by atoms with Crippen molar-refractivity contribution >= 4 is 21.9 Å². The second-order valence-electron chi connectivity index (χ2n) is 4.73. The summed E-state index contributed by atoms with van der Waals surface area (Å²) < 4.78 is 5.70. The zero-order chi connectivity index (χ0) is 14.1. The SMILES string of the molecule is N#CCC(O)C(O)c1ccc2oc3ccccc3c2c1. The fraction of sp³-hybridized carbons (Fsp3) is 0.188. The number of hydrogen-bond acceptors (Lipinski definition) is 4. The minimum absolute atomic E-state index is 0.106. The Kier molecular flexibility index (Phi) is 3.15. The molecule has 0 bridgehead atoms. The molecule has 0 saturated heterocycles. The predicted octanol–water partition coefficient (Wildman–Crippen LogP) is 2.89. The Labute approximate surface area is 115 Å². The van der Waals surface area contributed by atoms with Crippen LogP contribution >= 0.6 is 0 Å². The van der Waals surface area contributed by atoms with Crippen molar-refractivity contribution in [3.05, 3.63) is 48.0 Å². The lowest BCUT2D eigenvalue weighted by atomic mass is 10.0. The number of hydrogen-bond donors (Lipinski definition) is 2. The van der Waals surface area contributed by atoms with Gasteiger partial charge >= 0.3 is 0 Å². The highest BCUT2D eigenvalue weighted by Gasteiger charge is 2.19. The average molecular weight is 267 g/mol. The van der Waals surface area contributed by atoms with Crippen LogP contribution in [0.25, 0.3) is 21.9 Å². The first-order valence-corrected chi connectivity index (χ1v) is 6.35. The van der Waals surface area contributed by atoms with Crippen molar-refractivity contribution in [1.82, 2.24) is 0 Å². The van der Waals surface area contributed by atoms with Crippen LogP contribution in [-0.4, -0.2) is 16.3 Å². The largest absolute Gasteiger partial charge is 0.456 e. The Bertz CT molecular complexity index is 800. The highest BCUT2D eigenvalue weighted by Crippen LogP contribution is 2.31. The van der Waals surface area contributed by atoms with Crippen LogP contribution in [0.2, 0.25) is 0 Å². The maximum Gasteiger partial charge on any atom is 0.135 e. The Balaban J connectivity index is 2.10. The summed E-state index contributed by atoms with van der Waals surface area (Å²) in [7, 11) is 0. The van der Waals surface area contributed by atoms with E-state index in [1.165, 1.54) is 0 Å². The minimum atomic E-state index is -1.09. The van der Waals surface area contributed by atoms with Gasteiger partial charge in [0.1, 0.15) is 17.3 Å². The van der Waals surface area contributed by atoms with E-state index in [9.17, 15) is 10.2 Å². The van der Waals surface area contributed by atoms with Crippen molar-refractivity contribution in [3.8, 4) is 6.07 Å². The number of aliphatic hydroxyl groups excluding tert-OH is 2. The zero-order valence-corrected chi connectivity index (χ0v) is 10.7. The van der Waals surface area contributed by atoms with Crippen molar-refractivity contribution in [1.29, 1.82) is 5.26 Å². The normalized spacial score (nSPS) is 14.2. The van der Waals surface area contributed by atoms with Crippen LogP contribution in [0.5, 0.6) is 0 Å². The van der Waals surface area contributed by atoms with E-state index >= 15 is 0 Å². The summed E-state index contributed by atoms with van der Waals surface area (Å²) in [6.45, 7) is 0. The average Bonchev–Trinajstić information content (AvgIpc) is 2.84. The fourth-order valence-electron chi connectivity index (χ4n) is 2.35. The molecule has 4 heteroatoms. The predicted molar refractivity (Wildman–Crippen MR) is 74.9 cm³/mol. The molecular formula is C16H13NO3. The number of fused-ring (bicyclic) bond motifs is 3. The molecule has 2 unspecified atom stereocenters. The maximum atomic E-state index is 10.1. The van der Waals surface area contributed by atoms with Gasteiger partial charge in [0.25, 0.3) is 0 Å². The molecule has 100 valence electrons. The number of aliphatic hydroxyl groups is 2. The van der Waals surface area contributed by atoms with E-state index in [1.807, 2.05) is 30.3 Å². The van der Waals surface area contributed by atoms with E-state index in [4.69, 9.17) is 9.68 Å². The van der Waals surface area contributed by atoms with Crippen LogP contribution in [0, 0.1) is 11.3 Å². The molecule has 0 fully saturated rings. The Morgan fingerprint density at radius 1 is 1.05 bits per heavy atom. The molecule has 0 radical (unpaired) electrons. The summed E-state index contributed by atoms with van der Waals surface area (Å²) in [5.74, 6) is 0. The lowest BCUT2D eigenvalue weighted by molar-refractivity contribution is 0.0217. The Morgan fingerprint density at radius 2 is 1.80 bits per heavy atom. The van der Waals surface area contributed by atoms with Crippen molar-refractivity contribution in [2.24, 2.45) is 0 Å². The van der Waals surface area contributed by atoms with Crippen LogP contribution in [0.3, 0.4) is 0 Å². The molecule has 2 atom stereocenters. The molecule has 2 aromatic carbocycles. The van der Waals surface area contributed by atoms with Crippen molar-refractivity contribution in [2.75, 3.05) is 0 Å². The van der Waals surface area contributed by atoms with Crippen LogP contribution in [-0.2, 0) is 0 Å². The summed E-state index contributed by atoms with van der Waals surface area (Å²) in [6, 6.07) is 14.8. The van der Waals surface area contributed by atoms with E-state index < -0.39 is 12.2 Å². The summed E-state index contributed by atoms with van der Waals surface area (Å²) >= 11 is 0. The van der Waals surface area contributed by atoms with Gasteiger partial charge in [-0.05, 0) is 23.8 Å². The van der Waals surface area contributed by atoms with Gasteiger partial charge in [0.05, 0.1) is 18.6 Å².